The van der Waals surface area contributed by atoms with E-state index in [4.69, 9.17) is 9.47 Å². The summed E-state index contributed by atoms with van der Waals surface area (Å²) in [5.74, 6) is 1.68. The molecule has 7 nitrogen and oxygen atoms in total. The van der Waals surface area contributed by atoms with E-state index in [-0.39, 0.29) is 0 Å². The van der Waals surface area contributed by atoms with E-state index in [9.17, 15) is 5.11 Å². The fourth-order valence-corrected chi connectivity index (χ4v) is 2.17. The molecule has 1 aromatic rings. The predicted molar refractivity (Wildman–Crippen MR) is 76.2 cm³/mol. The van der Waals surface area contributed by atoms with E-state index >= 15 is 0 Å². The topological polar surface area (TPSA) is 71.0 Å². The maximum atomic E-state index is 9.76. The third kappa shape index (κ3) is 4.03. The zero-order valence-electron chi connectivity index (χ0n) is 12.0. The van der Waals surface area contributed by atoms with Crippen LogP contribution in [0, 0.1) is 0 Å². The van der Waals surface area contributed by atoms with Crippen molar-refractivity contribution in [1.82, 2.24) is 9.97 Å². The minimum atomic E-state index is -0.535. The van der Waals surface area contributed by atoms with E-state index in [1.165, 1.54) is 0 Å². The first-order valence-electron chi connectivity index (χ1n) is 6.73. The number of aliphatic hydroxyl groups excluding tert-OH is 1. The van der Waals surface area contributed by atoms with Crippen LogP contribution in [0.1, 0.15) is 0 Å². The molecule has 1 fully saturated rings. The molecule has 0 aromatic carbocycles. The van der Waals surface area contributed by atoms with Crippen LogP contribution in [0.2, 0.25) is 0 Å². The molecular formula is C13H22N4O3. The Balaban J connectivity index is 2.00. The smallest absolute Gasteiger partial charge is 0.134 e. The lowest BCUT2D eigenvalue weighted by atomic mass is 10.3. The molecule has 1 N–H and O–H groups in total. The van der Waals surface area contributed by atoms with Crippen molar-refractivity contribution in [2.75, 3.05) is 63.4 Å². The van der Waals surface area contributed by atoms with Crippen LogP contribution >= 0.6 is 0 Å². The minimum absolute atomic E-state index is 0.311. The molecule has 0 spiro atoms. The molecule has 20 heavy (non-hydrogen) atoms. The van der Waals surface area contributed by atoms with E-state index in [0.717, 1.165) is 37.9 Å². The number of nitrogens with zero attached hydrogens (tertiary/aromatic N) is 4. The van der Waals surface area contributed by atoms with Crippen molar-refractivity contribution in [2.45, 2.75) is 6.10 Å². The SMILES string of the molecule is COCC(O)CN(C)c1cc(N2CCOCC2)ncn1. The van der Waals surface area contributed by atoms with Crippen LogP contribution in [-0.4, -0.2) is 74.8 Å². The van der Waals surface area contributed by atoms with Crippen LogP contribution in [0.3, 0.4) is 0 Å². The van der Waals surface area contributed by atoms with Crippen molar-refractivity contribution in [2.24, 2.45) is 0 Å². The number of hydrogen-bond donors (Lipinski definition) is 1. The summed E-state index contributed by atoms with van der Waals surface area (Å²) >= 11 is 0. The van der Waals surface area contributed by atoms with E-state index in [1.807, 2.05) is 18.0 Å². The van der Waals surface area contributed by atoms with Crippen LogP contribution in [0.4, 0.5) is 11.6 Å². The third-order valence-electron chi connectivity index (χ3n) is 3.21. The lowest BCUT2D eigenvalue weighted by Gasteiger charge is -2.28. The van der Waals surface area contributed by atoms with Gasteiger partial charge in [-0.1, -0.05) is 0 Å². The van der Waals surface area contributed by atoms with Gasteiger partial charge in [0, 0.05) is 39.9 Å². The zero-order chi connectivity index (χ0) is 14.4. The lowest BCUT2D eigenvalue weighted by Crippen LogP contribution is -2.37. The Morgan fingerprint density at radius 3 is 2.90 bits per heavy atom. The fourth-order valence-electron chi connectivity index (χ4n) is 2.17. The second kappa shape index (κ2) is 7.37. The number of hydrogen-bond acceptors (Lipinski definition) is 7. The molecular weight excluding hydrogens is 260 g/mol. The molecule has 1 saturated heterocycles. The van der Waals surface area contributed by atoms with Gasteiger partial charge in [0.1, 0.15) is 18.0 Å². The number of anilines is 2. The number of morpholine rings is 1. The highest BCUT2D eigenvalue weighted by Gasteiger charge is 2.15. The molecule has 1 aliphatic rings. The maximum absolute atomic E-state index is 9.76. The second-order valence-electron chi connectivity index (χ2n) is 4.82. The van der Waals surface area contributed by atoms with E-state index in [1.54, 1.807) is 13.4 Å². The lowest BCUT2D eigenvalue weighted by molar-refractivity contribution is 0.0694. The van der Waals surface area contributed by atoms with Gasteiger partial charge in [-0.2, -0.15) is 0 Å². The van der Waals surface area contributed by atoms with E-state index in [0.29, 0.717) is 13.2 Å². The molecule has 1 unspecified atom stereocenters. The standard InChI is InChI=1S/C13H22N4O3/c1-16(8-11(18)9-19-2)12-7-13(15-10-14-12)17-3-5-20-6-4-17/h7,10-11,18H,3-6,8-9H2,1-2H3. The number of ether oxygens (including phenoxy) is 2. The normalized spacial score (nSPS) is 17.1. The van der Waals surface area contributed by atoms with Crippen molar-refractivity contribution in [1.29, 1.82) is 0 Å². The van der Waals surface area contributed by atoms with Gasteiger partial charge in [-0.05, 0) is 0 Å². The molecule has 112 valence electrons. The highest BCUT2D eigenvalue weighted by molar-refractivity contribution is 5.49. The first kappa shape index (κ1) is 15.0. The largest absolute Gasteiger partial charge is 0.389 e. The summed E-state index contributed by atoms with van der Waals surface area (Å²) in [7, 11) is 3.47. The molecule has 2 rings (SSSR count). The molecule has 0 saturated carbocycles. The van der Waals surface area contributed by atoms with Gasteiger partial charge in [0.25, 0.3) is 0 Å². The summed E-state index contributed by atoms with van der Waals surface area (Å²) < 4.78 is 10.3. The van der Waals surface area contributed by atoms with Gasteiger partial charge < -0.3 is 24.4 Å². The van der Waals surface area contributed by atoms with Gasteiger partial charge >= 0.3 is 0 Å². The summed E-state index contributed by atoms with van der Waals surface area (Å²) in [6.45, 7) is 3.90. The first-order chi connectivity index (χ1) is 9.70. The Hall–Kier alpha value is -1.44. The summed E-state index contributed by atoms with van der Waals surface area (Å²) in [4.78, 5) is 12.6. The third-order valence-corrected chi connectivity index (χ3v) is 3.21. The summed E-state index contributed by atoms with van der Waals surface area (Å²) in [5, 5.41) is 9.76. The summed E-state index contributed by atoms with van der Waals surface area (Å²) in [5.41, 5.74) is 0. The van der Waals surface area contributed by atoms with Gasteiger partial charge in [0.15, 0.2) is 0 Å². The van der Waals surface area contributed by atoms with Crippen LogP contribution in [0.5, 0.6) is 0 Å². The molecule has 0 amide bonds. The average molecular weight is 282 g/mol. The average Bonchev–Trinajstić information content (AvgIpc) is 2.48. The Bertz CT molecular complexity index is 412. The number of methoxy groups -OCH3 is 1. The maximum Gasteiger partial charge on any atom is 0.134 e. The zero-order valence-corrected chi connectivity index (χ0v) is 12.0. The van der Waals surface area contributed by atoms with Crippen molar-refractivity contribution >= 4 is 11.6 Å². The number of aliphatic hydroxyl groups is 1. The molecule has 0 radical (unpaired) electrons. The number of likely N-dealkylation sites (N-methyl/N-ethyl adjacent to an activating group) is 1. The van der Waals surface area contributed by atoms with Gasteiger partial charge in [0.2, 0.25) is 0 Å². The summed E-state index contributed by atoms with van der Waals surface area (Å²) in [6.07, 6.45) is 1.02. The quantitative estimate of drug-likeness (QED) is 0.772. The van der Waals surface area contributed by atoms with Gasteiger partial charge in [-0.15, -0.1) is 0 Å². The van der Waals surface area contributed by atoms with Crippen LogP contribution < -0.4 is 9.80 Å². The second-order valence-corrected chi connectivity index (χ2v) is 4.82. The highest BCUT2D eigenvalue weighted by Crippen LogP contribution is 2.17. The first-order valence-corrected chi connectivity index (χ1v) is 6.73. The Morgan fingerprint density at radius 2 is 2.20 bits per heavy atom. The van der Waals surface area contributed by atoms with Crippen LogP contribution in [-0.2, 0) is 9.47 Å². The van der Waals surface area contributed by atoms with E-state index in [2.05, 4.69) is 14.9 Å². The van der Waals surface area contributed by atoms with Gasteiger partial charge in [-0.25, -0.2) is 9.97 Å². The van der Waals surface area contributed by atoms with Crippen molar-refractivity contribution in [3.8, 4) is 0 Å². The van der Waals surface area contributed by atoms with Crippen LogP contribution in [0.25, 0.3) is 0 Å². The highest BCUT2D eigenvalue weighted by atomic mass is 16.5. The van der Waals surface area contributed by atoms with Crippen molar-refractivity contribution in [3.63, 3.8) is 0 Å². The Labute approximate surface area is 119 Å². The predicted octanol–water partition coefficient (Wildman–Crippen LogP) is -0.243. The number of aromatic nitrogens is 2. The molecule has 1 atom stereocenters. The van der Waals surface area contributed by atoms with Crippen molar-refractivity contribution < 1.29 is 14.6 Å². The van der Waals surface area contributed by atoms with E-state index < -0.39 is 6.10 Å². The summed E-state index contributed by atoms with van der Waals surface area (Å²) in [6, 6.07) is 1.94. The minimum Gasteiger partial charge on any atom is -0.389 e. The van der Waals surface area contributed by atoms with Gasteiger partial charge in [0.05, 0.1) is 25.9 Å². The molecule has 0 aliphatic carbocycles. The Morgan fingerprint density at radius 1 is 1.45 bits per heavy atom. The molecule has 7 heteroatoms. The monoisotopic (exact) mass is 282 g/mol. The Kier molecular flexibility index (Phi) is 5.51. The van der Waals surface area contributed by atoms with Gasteiger partial charge in [-0.3, -0.25) is 0 Å². The fraction of sp³-hybridized carbons (Fsp3) is 0.692. The van der Waals surface area contributed by atoms with Crippen LogP contribution in [0.15, 0.2) is 12.4 Å². The molecule has 0 bridgehead atoms. The molecule has 2 heterocycles. The molecule has 1 aliphatic heterocycles. The van der Waals surface area contributed by atoms with Crippen molar-refractivity contribution in [3.05, 3.63) is 12.4 Å². The molecule has 1 aromatic heterocycles. The number of rotatable bonds is 6.